The van der Waals surface area contributed by atoms with Gasteiger partial charge in [0.2, 0.25) is 0 Å². The highest BCUT2D eigenvalue weighted by molar-refractivity contribution is 6.20. The van der Waals surface area contributed by atoms with Gasteiger partial charge in [0.15, 0.2) is 0 Å². The van der Waals surface area contributed by atoms with Gasteiger partial charge in [0, 0.05) is 0 Å². The fraction of sp³-hybridized carbons (Fsp3) is 0.167. The maximum atomic E-state index is 13.0. The Hall–Kier alpha value is -2.62. The van der Waals surface area contributed by atoms with E-state index in [9.17, 15) is 14.3 Å². The molecule has 3 nitrogen and oxygen atoms in total. The predicted octanol–water partition coefficient (Wildman–Crippen LogP) is 4.24. The summed E-state index contributed by atoms with van der Waals surface area (Å²) in [6, 6.07) is 12.6. The van der Waals surface area contributed by atoms with Gasteiger partial charge in [-0.1, -0.05) is 24.3 Å². The summed E-state index contributed by atoms with van der Waals surface area (Å²) in [5, 5.41) is 9.38. The highest BCUT2D eigenvalue weighted by Gasteiger charge is 2.11. The third kappa shape index (κ3) is 4.19. The molecular weight excluding hydrogens is 283 g/mol. The van der Waals surface area contributed by atoms with Gasteiger partial charge in [0.1, 0.15) is 11.6 Å². The van der Waals surface area contributed by atoms with E-state index in [1.165, 1.54) is 24.3 Å². The molecule has 0 bridgehead atoms. The van der Waals surface area contributed by atoms with Crippen LogP contribution in [0.5, 0.6) is 5.75 Å². The molecule has 0 atom stereocenters. The van der Waals surface area contributed by atoms with Gasteiger partial charge < -0.3 is 9.84 Å². The standard InChI is InChI=1S/C18H17FO3/c1-12(2)22-16-5-3-4-13(10-16)11-17(18(20)21)14-6-8-15(19)9-7-14/h3-12H,1-2H3,(H,20,21)/b17-11-. The summed E-state index contributed by atoms with van der Waals surface area (Å²) in [5.41, 5.74) is 1.26. The van der Waals surface area contributed by atoms with E-state index in [4.69, 9.17) is 4.74 Å². The van der Waals surface area contributed by atoms with Gasteiger partial charge in [-0.25, -0.2) is 9.18 Å². The van der Waals surface area contributed by atoms with Crippen LogP contribution in [0.1, 0.15) is 25.0 Å². The van der Waals surface area contributed by atoms with E-state index in [0.29, 0.717) is 16.9 Å². The second-order valence-corrected chi connectivity index (χ2v) is 5.11. The summed E-state index contributed by atoms with van der Waals surface area (Å²) in [6.07, 6.45) is 1.58. The molecular formula is C18H17FO3. The maximum Gasteiger partial charge on any atom is 0.336 e. The van der Waals surface area contributed by atoms with E-state index in [2.05, 4.69) is 0 Å². The van der Waals surface area contributed by atoms with Gasteiger partial charge >= 0.3 is 5.97 Å². The molecule has 0 aliphatic heterocycles. The molecule has 0 spiro atoms. The fourth-order valence-electron chi connectivity index (χ4n) is 2.01. The van der Waals surface area contributed by atoms with Crippen LogP contribution >= 0.6 is 0 Å². The lowest BCUT2D eigenvalue weighted by Gasteiger charge is -2.10. The van der Waals surface area contributed by atoms with Crippen LogP contribution in [-0.2, 0) is 4.79 Å². The summed E-state index contributed by atoms with van der Waals surface area (Å²) >= 11 is 0. The molecule has 114 valence electrons. The molecule has 0 aromatic heterocycles. The lowest BCUT2D eigenvalue weighted by Crippen LogP contribution is -2.05. The first-order valence-electron chi connectivity index (χ1n) is 6.93. The van der Waals surface area contributed by atoms with E-state index < -0.39 is 11.8 Å². The van der Waals surface area contributed by atoms with E-state index in [-0.39, 0.29) is 11.7 Å². The van der Waals surface area contributed by atoms with Crippen molar-refractivity contribution in [2.45, 2.75) is 20.0 Å². The Morgan fingerprint density at radius 3 is 2.45 bits per heavy atom. The molecule has 2 aromatic carbocycles. The first-order valence-corrected chi connectivity index (χ1v) is 6.93. The number of hydrogen-bond acceptors (Lipinski definition) is 2. The van der Waals surface area contributed by atoms with Crippen LogP contribution < -0.4 is 4.74 Å². The molecule has 0 unspecified atom stereocenters. The zero-order chi connectivity index (χ0) is 16.1. The van der Waals surface area contributed by atoms with Crippen LogP contribution in [0.3, 0.4) is 0 Å². The van der Waals surface area contributed by atoms with Gasteiger partial charge in [-0.2, -0.15) is 0 Å². The summed E-state index contributed by atoms with van der Waals surface area (Å²) in [7, 11) is 0. The Morgan fingerprint density at radius 2 is 1.86 bits per heavy atom. The number of aliphatic carboxylic acids is 1. The van der Waals surface area contributed by atoms with Crippen molar-refractivity contribution in [3.05, 3.63) is 65.5 Å². The van der Waals surface area contributed by atoms with Crippen molar-refractivity contribution >= 4 is 17.6 Å². The van der Waals surface area contributed by atoms with Crippen LogP contribution in [-0.4, -0.2) is 17.2 Å². The maximum absolute atomic E-state index is 13.0. The molecule has 0 aliphatic rings. The minimum Gasteiger partial charge on any atom is -0.491 e. The SMILES string of the molecule is CC(C)Oc1cccc(/C=C(\C(=O)O)c2ccc(F)cc2)c1. The lowest BCUT2D eigenvalue weighted by molar-refractivity contribution is -0.130. The van der Waals surface area contributed by atoms with Gasteiger partial charge in [-0.05, 0) is 55.3 Å². The van der Waals surface area contributed by atoms with Crippen molar-refractivity contribution in [2.24, 2.45) is 0 Å². The van der Waals surface area contributed by atoms with Crippen molar-refractivity contribution in [1.82, 2.24) is 0 Å². The van der Waals surface area contributed by atoms with Crippen molar-refractivity contribution in [2.75, 3.05) is 0 Å². The second kappa shape index (κ2) is 6.89. The number of halogens is 1. The fourth-order valence-corrected chi connectivity index (χ4v) is 2.01. The number of carboxylic acid groups (broad SMARTS) is 1. The Kier molecular flexibility index (Phi) is 4.94. The molecule has 0 radical (unpaired) electrons. The highest BCUT2D eigenvalue weighted by Crippen LogP contribution is 2.22. The molecule has 0 saturated heterocycles. The number of hydrogen-bond donors (Lipinski definition) is 1. The number of benzene rings is 2. The summed E-state index contributed by atoms with van der Waals surface area (Å²) in [6.45, 7) is 3.84. The molecule has 22 heavy (non-hydrogen) atoms. The molecule has 0 saturated carbocycles. The monoisotopic (exact) mass is 300 g/mol. The zero-order valence-corrected chi connectivity index (χ0v) is 12.4. The second-order valence-electron chi connectivity index (χ2n) is 5.11. The van der Waals surface area contributed by atoms with Crippen LogP contribution in [0.15, 0.2) is 48.5 Å². The quantitative estimate of drug-likeness (QED) is 0.663. The largest absolute Gasteiger partial charge is 0.491 e. The van der Waals surface area contributed by atoms with Crippen molar-refractivity contribution in [1.29, 1.82) is 0 Å². The van der Waals surface area contributed by atoms with Crippen LogP contribution in [0.2, 0.25) is 0 Å². The molecule has 1 N–H and O–H groups in total. The Balaban J connectivity index is 2.38. The Labute approximate surface area is 128 Å². The van der Waals surface area contributed by atoms with Gasteiger partial charge in [0.05, 0.1) is 11.7 Å². The van der Waals surface area contributed by atoms with E-state index in [1.807, 2.05) is 19.9 Å². The van der Waals surface area contributed by atoms with E-state index >= 15 is 0 Å². The third-order valence-electron chi connectivity index (χ3n) is 2.93. The topological polar surface area (TPSA) is 46.5 Å². The minimum atomic E-state index is -1.07. The minimum absolute atomic E-state index is 0.0373. The van der Waals surface area contributed by atoms with Crippen LogP contribution in [0, 0.1) is 5.82 Å². The van der Waals surface area contributed by atoms with Gasteiger partial charge in [-0.3, -0.25) is 0 Å². The number of rotatable bonds is 5. The van der Waals surface area contributed by atoms with Gasteiger partial charge in [0.25, 0.3) is 0 Å². The average molecular weight is 300 g/mol. The Morgan fingerprint density at radius 1 is 1.18 bits per heavy atom. The summed E-state index contributed by atoms with van der Waals surface area (Å²) < 4.78 is 18.6. The van der Waals surface area contributed by atoms with Crippen molar-refractivity contribution < 1.29 is 19.0 Å². The molecule has 0 amide bonds. The number of carbonyl (C=O) groups is 1. The zero-order valence-electron chi connectivity index (χ0n) is 12.4. The summed E-state index contributed by atoms with van der Waals surface area (Å²) in [4.78, 5) is 11.5. The smallest absolute Gasteiger partial charge is 0.336 e. The molecule has 2 rings (SSSR count). The first kappa shape index (κ1) is 15.8. The molecule has 2 aromatic rings. The molecule has 0 aliphatic carbocycles. The first-order chi connectivity index (χ1) is 10.5. The van der Waals surface area contributed by atoms with Crippen LogP contribution in [0.25, 0.3) is 11.6 Å². The Bertz CT molecular complexity index is 688. The third-order valence-corrected chi connectivity index (χ3v) is 2.93. The predicted molar refractivity (Wildman–Crippen MR) is 84.1 cm³/mol. The van der Waals surface area contributed by atoms with Crippen molar-refractivity contribution in [3.63, 3.8) is 0 Å². The summed E-state index contributed by atoms with van der Waals surface area (Å²) in [5.74, 6) is -0.796. The lowest BCUT2D eigenvalue weighted by atomic mass is 10.0. The van der Waals surface area contributed by atoms with E-state index in [0.717, 1.165) is 0 Å². The average Bonchev–Trinajstić information content (AvgIpc) is 2.45. The highest BCUT2D eigenvalue weighted by atomic mass is 19.1. The number of carboxylic acids is 1. The molecule has 0 heterocycles. The van der Waals surface area contributed by atoms with E-state index in [1.54, 1.807) is 24.3 Å². The van der Waals surface area contributed by atoms with Crippen LogP contribution in [0.4, 0.5) is 4.39 Å². The molecule has 4 heteroatoms. The number of ether oxygens (including phenoxy) is 1. The normalized spacial score (nSPS) is 11.5. The van der Waals surface area contributed by atoms with Gasteiger partial charge in [-0.15, -0.1) is 0 Å². The van der Waals surface area contributed by atoms with Crippen molar-refractivity contribution in [3.8, 4) is 5.75 Å². The molecule has 0 fully saturated rings.